The van der Waals surface area contributed by atoms with Crippen LogP contribution >= 0.6 is 27.5 Å². The molecule has 25 heavy (non-hydrogen) atoms. The summed E-state index contributed by atoms with van der Waals surface area (Å²) < 4.78 is 6.38. The fourth-order valence-electron chi connectivity index (χ4n) is 2.40. The van der Waals surface area contributed by atoms with Crippen LogP contribution in [0.25, 0.3) is 6.08 Å². The van der Waals surface area contributed by atoms with Gasteiger partial charge in [0.05, 0.1) is 12.3 Å². The molecule has 1 N–H and O–H groups in total. The minimum atomic E-state index is -0.470. The van der Waals surface area contributed by atoms with Crippen LogP contribution in [0.2, 0.25) is 5.02 Å². The van der Waals surface area contributed by atoms with Crippen molar-refractivity contribution in [3.05, 3.63) is 63.1 Å². The Morgan fingerprint density at radius 3 is 2.60 bits per heavy atom. The molecule has 1 aliphatic rings. The van der Waals surface area contributed by atoms with E-state index >= 15 is 0 Å². The van der Waals surface area contributed by atoms with Gasteiger partial charge >= 0.3 is 0 Å². The maximum atomic E-state index is 12.6. The molecule has 0 aromatic heterocycles. The van der Waals surface area contributed by atoms with Crippen LogP contribution < -0.4 is 15.2 Å². The van der Waals surface area contributed by atoms with Gasteiger partial charge in [0, 0.05) is 15.1 Å². The zero-order valence-electron chi connectivity index (χ0n) is 13.3. The maximum absolute atomic E-state index is 12.6. The van der Waals surface area contributed by atoms with E-state index < -0.39 is 11.8 Å². The molecule has 1 aliphatic heterocycles. The van der Waals surface area contributed by atoms with Crippen molar-refractivity contribution in [1.82, 2.24) is 5.43 Å². The standard InChI is InChI=1S/C18H14BrClN2O3/c1-2-25-16-8-3-12(19)9-11(16)10-15-17(23)21-22(18(15)24)14-6-4-13(20)5-7-14/h3-10H,2H2,1H3,(H,21,23)/b15-10-. The molecule has 2 amide bonds. The van der Waals surface area contributed by atoms with Crippen LogP contribution in [0.4, 0.5) is 5.69 Å². The summed E-state index contributed by atoms with van der Waals surface area (Å²) in [5.41, 5.74) is 3.77. The number of nitrogens with zero attached hydrogens (tertiary/aromatic N) is 1. The molecule has 0 spiro atoms. The lowest BCUT2D eigenvalue weighted by molar-refractivity contribution is -0.117. The molecule has 1 fully saturated rings. The molecule has 0 saturated carbocycles. The van der Waals surface area contributed by atoms with Crippen molar-refractivity contribution < 1.29 is 14.3 Å². The van der Waals surface area contributed by atoms with Crippen molar-refractivity contribution in [3.63, 3.8) is 0 Å². The van der Waals surface area contributed by atoms with E-state index in [1.165, 1.54) is 11.1 Å². The lowest BCUT2D eigenvalue weighted by atomic mass is 10.1. The summed E-state index contributed by atoms with van der Waals surface area (Å²) in [5.74, 6) is -0.305. The molecule has 2 aromatic carbocycles. The Hall–Kier alpha value is -2.31. The Balaban J connectivity index is 1.96. The van der Waals surface area contributed by atoms with E-state index in [1.807, 2.05) is 13.0 Å². The summed E-state index contributed by atoms with van der Waals surface area (Å²) in [4.78, 5) is 24.9. The van der Waals surface area contributed by atoms with E-state index in [-0.39, 0.29) is 5.57 Å². The van der Waals surface area contributed by atoms with E-state index in [2.05, 4.69) is 21.4 Å². The summed E-state index contributed by atoms with van der Waals surface area (Å²) in [7, 11) is 0. The van der Waals surface area contributed by atoms with Crippen molar-refractivity contribution in [2.75, 3.05) is 11.6 Å². The lowest BCUT2D eigenvalue weighted by Crippen LogP contribution is -2.35. The average Bonchev–Trinajstić information content (AvgIpc) is 2.86. The van der Waals surface area contributed by atoms with Crippen molar-refractivity contribution in [2.24, 2.45) is 0 Å². The number of anilines is 1. The summed E-state index contributed by atoms with van der Waals surface area (Å²) in [6.45, 7) is 2.35. The summed E-state index contributed by atoms with van der Waals surface area (Å²) in [5, 5.41) is 1.75. The Morgan fingerprint density at radius 1 is 1.20 bits per heavy atom. The number of hydrogen-bond acceptors (Lipinski definition) is 3. The van der Waals surface area contributed by atoms with Gasteiger partial charge in [-0.25, -0.2) is 5.01 Å². The predicted octanol–water partition coefficient (Wildman–Crippen LogP) is 3.96. The molecular weight excluding hydrogens is 408 g/mol. The number of hydrazine groups is 1. The van der Waals surface area contributed by atoms with Crippen LogP contribution in [0.1, 0.15) is 12.5 Å². The quantitative estimate of drug-likeness (QED) is 0.600. The number of hydrogen-bond donors (Lipinski definition) is 1. The summed E-state index contributed by atoms with van der Waals surface area (Å²) >= 11 is 9.25. The summed E-state index contributed by atoms with van der Waals surface area (Å²) in [6, 6.07) is 12.0. The third-order valence-electron chi connectivity index (χ3n) is 3.55. The molecule has 7 heteroatoms. The van der Waals surface area contributed by atoms with Gasteiger partial charge in [0.25, 0.3) is 11.8 Å². The van der Waals surface area contributed by atoms with E-state index in [1.54, 1.807) is 36.4 Å². The van der Waals surface area contributed by atoms with Gasteiger partial charge < -0.3 is 4.74 Å². The largest absolute Gasteiger partial charge is 0.493 e. The topological polar surface area (TPSA) is 58.6 Å². The minimum absolute atomic E-state index is 0.0361. The second-order valence-electron chi connectivity index (χ2n) is 5.23. The molecule has 0 radical (unpaired) electrons. The smallest absolute Gasteiger partial charge is 0.282 e. The van der Waals surface area contributed by atoms with Gasteiger partial charge in [0.15, 0.2) is 0 Å². The van der Waals surface area contributed by atoms with E-state index in [0.29, 0.717) is 28.6 Å². The van der Waals surface area contributed by atoms with Gasteiger partial charge in [-0.3, -0.25) is 15.0 Å². The third-order valence-corrected chi connectivity index (χ3v) is 4.29. The highest BCUT2D eigenvalue weighted by molar-refractivity contribution is 9.10. The number of halogens is 2. The van der Waals surface area contributed by atoms with Crippen LogP contribution in [0, 0.1) is 0 Å². The first-order chi connectivity index (χ1) is 12.0. The first-order valence-electron chi connectivity index (χ1n) is 7.54. The zero-order chi connectivity index (χ0) is 18.0. The van der Waals surface area contributed by atoms with Gasteiger partial charge in [0.1, 0.15) is 11.3 Å². The number of carbonyl (C=O) groups is 2. The molecule has 3 rings (SSSR count). The second-order valence-corrected chi connectivity index (χ2v) is 6.58. The van der Waals surface area contributed by atoms with E-state index in [4.69, 9.17) is 16.3 Å². The number of rotatable bonds is 4. The lowest BCUT2D eigenvalue weighted by Gasteiger charge is -2.14. The SMILES string of the molecule is CCOc1ccc(Br)cc1/C=C1/C(=O)NN(c2ccc(Cl)cc2)C1=O. The Kier molecular flexibility index (Phi) is 5.11. The molecule has 128 valence electrons. The van der Waals surface area contributed by atoms with Gasteiger partial charge in [-0.2, -0.15) is 0 Å². The van der Waals surface area contributed by atoms with Crippen molar-refractivity contribution in [1.29, 1.82) is 0 Å². The molecule has 0 atom stereocenters. The number of amides is 2. The van der Waals surface area contributed by atoms with Crippen LogP contribution in [-0.4, -0.2) is 18.4 Å². The Morgan fingerprint density at radius 2 is 1.92 bits per heavy atom. The molecule has 1 heterocycles. The molecule has 1 saturated heterocycles. The van der Waals surface area contributed by atoms with Gasteiger partial charge in [-0.1, -0.05) is 27.5 Å². The minimum Gasteiger partial charge on any atom is -0.493 e. The maximum Gasteiger partial charge on any atom is 0.282 e. The highest BCUT2D eigenvalue weighted by atomic mass is 79.9. The molecule has 5 nitrogen and oxygen atoms in total. The van der Waals surface area contributed by atoms with Crippen LogP contribution in [0.3, 0.4) is 0 Å². The van der Waals surface area contributed by atoms with Gasteiger partial charge in [-0.05, 0) is 55.5 Å². The van der Waals surface area contributed by atoms with E-state index in [0.717, 1.165) is 4.47 Å². The fraction of sp³-hybridized carbons (Fsp3) is 0.111. The Bertz CT molecular complexity index is 865. The first kappa shape index (κ1) is 17.5. The number of benzene rings is 2. The number of carbonyl (C=O) groups excluding carboxylic acids is 2. The second kappa shape index (κ2) is 7.29. The Labute approximate surface area is 158 Å². The molecule has 0 unspecified atom stereocenters. The van der Waals surface area contributed by atoms with Gasteiger partial charge in [0.2, 0.25) is 0 Å². The van der Waals surface area contributed by atoms with Crippen LogP contribution in [0.5, 0.6) is 5.75 Å². The first-order valence-corrected chi connectivity index (χ1v) is 8.71. The van der Waals surface area contributed by atoms with E-state index in [9.17, 15) is 9.59 Å². The molecule has 0 aliphatic carbocycles. The predicted molar refractivity (Wildman–Crippen MR) is 100 cm³/mol. The van der Waals surface area contributed by atoms with Gasteiger partial charge in [-0.15, -0.1) is 0 Å². The fourth-order valence-corrected chi connectivity index (χ4v) is 2.91. The third kappa shape index (κ3) is 3.70. The van der Waals surface area contributed by atoms with Crippen LogP contribution in [0.15, 0.2) is 52.5 Å². The highest BCUT2D eigenvalue weighted by Crippen LogP contribution is 2.28. The van der Waals surface area contributed by atoms with Crippen LogP contribution in [-0.2, 0) is 9.59 Å². The van der Waals surface area contributed by atoms with Crippen molar-refractivity contribution in [3.8, 4) is 5.75 Å². The van der Waals surface area contributed by atoms with Crippen molar-refractivity contribution >= 4 is 51.1 Å². The monoisotopic (exact) mass is 420 g/mol. The van der Waals surface area contributed by atoms with Crippen molar-refractivity contribution in [2.45, 2.75) is 6.92 Å². The molecule has 2 aromatic rings. The number of nitrogens with one attached hydrogen (secondary N) is 1. The zero-order valence-corrected chi connectivity index (χ0v) is 15.6. The normalized spacial score (nSPS) is 15.6. The molecule has 0 bridgehead atoms. The average molecular weight is 422 g/mol. The summed E-state index contributed by atoms with van der Waals surface area (Å²) in [6.07, 6.45) is 1.53. The number of ether oxygens (including phenoxy) is 1. The molecular formula is C18H14BrClN2O3. The highest BCUT2D eigenvalue weighted by Gasteiger charge is 2.34.